The number of ether oxygens (including phenoxy) is 1. The number of hydrogen-bond acceptors (Lipinski definition) is 4. The highest BCUT2D eigenvalue weighted by Gasteiger charge is 2.16. The average molecular weight is 208 g/mol. The molecule has 0 fully saturated rings. The van der Waals surface area contributed by atoms with Gasteiger partial charge in [-0.05, 0) is 25.5 Å². The SMILES string of the molecule is CCOC(=O)C(N)Cc1ncccc1C. The van der Waals surface area contributed by atoms with Crippen LogP contribution < -0.4 is 5.73 Å². The summed E-state index contributed by atoms with van der Waals surface area (Å²) in [6, 6.07) is 3.17. The van der Waals surface area contributed by atoms with Crippen molar-refractivity contribution in [2.45, 2.75) is 26.3 Å². The van der Waals surface area contributed by atoms with Gasteiger partial charge in [0, 0.05) is 18.3 Å². The minimum atomic E-state index is -0.626. The van der Waals surface area contributed by atoms with Crippen LogP contribution in [0.1, 0.15) is 18.2 Å². The third-order valence-electron chi connectivity index (χ3n) is 2.12. The number of esters is 1. The van der Waals surface area contributed by atoms with E-state index in [9.17, 15) is 4.79 Å². The summed E-state index contributed by atoms with van der Waals surface area (Å²) in [6.07, 6.45) is 2.12. The van der Waals surface area contributed by atoms with Gasteiger partial charge in [-0.3, -0.25) is 9.78 Å². The molecule has 4 heteroatoms. The van der Waals surface area contributed by atoms with E-state index < -0.39 is 6.04 Å². The predicted molar refractivity (Wildman–Crippen MR) is 57.3 cm³/mol. The quantitative estimate of drug-likeness (QED) is 0.744. The molecule has 0 radical (unpaired) electrons. The lowest BCUT2D eigenvalue weighted by molar-refractivity contribution is -0.144. The second-order valence-electron chi connectivity index (χ2n) is 3.33. The largest absolute Gasteiger partial charge is 0.465 e. The molecule has 1 unspecified atom stereocenters. The molecular formula is C11H16N2O2. The van der Waals surface area contributed by atoms with Crippen molar-refractivity contribution in [2.75, 3.05) is 6.61 Å². The minimum Gasteiger partial charge on any atom is -0.465 e. The van der Waals surface area contributed by atoms with E-state index in [-0.39, 0.29) is 5.97 Å². The van der Waals surface area contributed by atoms with Gasteiger partial charge in [0.15, 0.2) is 0 Å². The van der Waals surface area contributed by atoms with E-state index in [1.165, 1.54) is 0 Å². The van der Waals surface area contributed by atoms with Crippen LogP contribution in [0.5, 0.6) is 0 Å². The number of nitrogens with two attached hydrogens (primary N) is 1. The maximum absolute atomic E-state index is 11.3. The highest BCUT2D eigenvalue weighted by Crippen LogP contribution is 2.06. The van der Waals surface area contributed by atoms with Crippen LogP contribution in [0.25, 0.3) is 0 Å². The molecule has 1 rings (SSSR count). The second kappa shape index (κ2) is 5.46. The van der Waals surface area contributed by atoms with E-state index in [4.69, 9.17) is 10.5 Å². The van der Waals surface area contributed by atoms with Gasteiger partial charge in [0.1, 0.15) is 6.04 Å². The molecular weight excluding hydrogens is 192 g/mol. The fourth-order valence-electron chi connectivity index (χ4n) is 1.27. The molecule has 1 atom stereocenters. The summed E-state index contributed by atoms with van der Waals surface area (Å²) >= 11 is 0. The molecule has 1 aromatic heterocycles. The van der Waals surface area contributed by atoms with E-state index in [0.29, 0.717) is 13.0 Å². The summed E-state index contributed by atoms with van der Waals surface area (Å²) in [5.74, 6) is -0.373. The molecule has 0 saturated carbocycles. The average Bonchev–Trinajstić information content (AvgIpc) is 2.21. The van der Waals surface area contributed by atoms with Crippen molar-refractivity contribution >= 4 is 5.97 Å². The van der Waals surface area contributed by atoms with Crippen LogP contribution in [0.4, 0.5) is 0 Å². The Hall–Kier alpha value is -1.42. The molecule has 0 aromatic carbocycles. The summed E-state index contributed by atoms with van der Waals surface area (Å²) in [5, 5.41) is 0. The van der Waals surface area contributed by atoms with Gasteiger partial charge in [-0.1, -0.05) is 6.07 Å². The lowest BCUT2D eigenvalue weighted by atomic mass is 10.1. The predicted octanol–water partition coefficient (Wildman–Crippen LogP) is 0.823. The highest BCUT2D eigenvalue weighted by molar-refractivity contribution is 5.75. The molecule has 0 aliphatic heterocycles. The van der Waals surface area contributed by atoms with E-state index in [1.54, 1.807) is 13.1 Å². The molecule has 1 heterocycles. The van der Waals surface area contributed by atoms with Crippen molar-refractivity contribution in [2.24, 2.45) is 5.73 Å². The van der Waals surface area contributed by atoms with Gasteiger partial charge < -0.3 is 10.5 Å². The van der Waals surface area contributed by atoms with Crippen LogP contribution in [0.3, 0.4) is 0 Å². The summed E-state index contributed by atoms with van der Waals surface area (Å²) in [7, 11) is 0. The Bertz CT molecular complexity index is 339. The van der Waals surface area contributed by atoms with Gasteiger partial charge in [0.2, 0.25) is 0 Å². The van der Waals surface area contributed by atoms with Crippen LogP contribution in [0.2, 0.25) is 0 Å². The standard InChI is InChI=1S/C11H16N2O2/c1-3-15-11(14)9(12)7-10-8(2)5-4-6-13-10/h4-6,9H,3,7,12H2,1-2H3. The second-order valence-corrected chi connectivity index (χ2v) is 3.33. The van der Waals surface area contributed by atoms with Crippen LogP contribution >= 0.6 is 0 Å². The van der Waals surface area contributed by atoms with Crippen LogP contribution in [-0.4, -0.2) is 23.6 Å². The molecule has 0 aliphatic carbocycles. The van der Waals surface area contributed by atoms with Crippen molar-refractivity contribution in [3.8, 4) is 0 Å². The third-order valence-corrected chi connectivity index (χ3v) is 2.12. The molecule has 4 nitrogen and oxygen atoms in total. The topological polar surface area (TPSA) is 65.2 Å². The third kappa shape index (κ3) is 3.32. The van der Waals surface area contributed by atoms with Crippen LogP contribution in [0.15, 0.2) is 18.3 Å². The first-order chi connectivity index (χ1) is 7.15. The number of rotatable bonds is 4. The van der Waals surface area contributed by atoms with Crippen molar-refractivity contribution in [1.29, 1.82) is 0 Å². The number of aryl methyl sites for hydroxylation is 1. The summed E-state index contributed by atoms with van der Waals surface area (Å²) in [4.78, 5) is 15.5. The van der Waals surface area contributed by atoms with Crippen molar-refractivity contribution < 1.29 is 9.53 Å². The van der Waals surface area contributed by atoms with E-state index in [2.05, 4.69) is 4.98 Å². The van der Waals surface area contributed by atoms with Crippen LogP contribution in [-0.2, 0) is 16.0 Å². The lowest BCUT2D eigenvalue weighted by Gasteiger charge is -2.11. The first-order valence-corrected chi connectivity index (χ1v) is 4.97. The molecule has 0 spiro atoms. The first kappa shape index (κ1) is 11.7. The van der Waals surface area contributed by atoms with Crippen molar-refractivity contribution in [3.63, 3.8) is 0 Å². The maximum atomic E-state index is 11.3. The zero-order valence-corrected chi connectivity index (χ0v) is 9.06. The van der Waals surface area contributed by atoms with E-state index in [1.807, 2.05) is 19.1 Å². The van der Waals surface area contributed by atoms with E-state index >= 15 is 0 Å². The number of carbonyl (C=O) groups is 1. The van der Waals surface area contributed by atoms with Gasteiger partial charge in [0.25, 0.3) is 0 Å². The number of hydrogen-bond donors (Lipinski definition) is 1. The normalized spacial score (nSPS) is 12.2. The Kier molecular flexibility index (Phi) is 4.24. The fraction of sp³-hybridized carbons (Fsp3) is 0.455. The first-order valence-electron chi connectivity index (χ1n) is 4.97. The summed E-state index contributed by atoms with van der Waals surface area (Å²) in [6.45, 7) is 4.06. The Balaban J connectivity index is 2.62. The van der Waals surface area contributed by atoms with Crippen LogP contribution in [0, 0.1) is 6.92 Å². The van der Waals surface area contributed by atoms with E-state index in [0.717, 1.165) is 11.3 Å². The summed E-state index contributed by atoms with van der Waals surface area (Å²) < 4.78 is 4.82. The molecule has 82 valence electrons. The lowest BCUT2D eigenvalue weighted by Crippen LogP contribution is -2.34. The molecule has 0 amide bonds. The smallest absolute Gasteiger partial charge is 0.323 e. The van der Waals surface area contributed by atoms with Crippen molar-refractivity contribution in [1.82, 2.24) is 4.98 Å². The Morgan fingerprint density at radius 2 is 2.40 bits per heavy atom. The Morgan fingerprint density at radius 3 is 3.00 bits per heavy atom. The zero-order chi connectivity index (χ0) is 11.3. The number of pyridine rings is 1. The molecule has 0 saturated heterocycles. The molecule has 0 bridgehead atoms. The maximum Gasteiger partial charge on any atom is 0.323 e. The summed E-state index contributed by atoms with van der Waals surface area (Å²) in [5.41, 5.74) is 7.57. The number of carbonyl (C=O) groups excluding carboxylic acids is 1. The molecule has 0 aliphatic rings. The van der Waals surface area contributed by atoms with Gasteiger partial charge in [-0.25, -0.2) is 0 Å². The highest BCUT2D eigenvalue weighted by atomic mass is 16.5. The molecule has 1 aromatic rings. The molecule has 2 N–H and O–H groups in total. The molecule has 15 heavy (non-hydrogen) atoms. The number of nitrogens with zero attached hydrogens (tertiary/aromatic N) is 1. The Morgan fingerprint density at radius 1 is 1.67 bits per heavy atom. The van der Waals surface area contributed by atoms with Crippen molar-refractivity contribution in [3.05, 3.63) is 29.6 Å². The van der Waals surface area contributed by atoms with Gasteiger partial charge >= 0.3 is 5.97 Å². The van der Waals surface area contributed by atoms with Gasteiger partial charge in [0.05, 0.1) is 6.61 Å². The zero-order valence-electron chi connectivity index (χ0n) is 9.06. The Labute approximate surface area is 89.5 Å². The minimum absolute atomic E-state index is 0.355. The monoisotopic (exact) mass is 208 g/mol. The number of aromatic nitrogens is 1. The van der Waals surface area contributed by atoms with Gasteiger partial charge in [-0.15, -0.1) is 0 Å². The van der Waals surface area contributed by atoms with Gasteiger partial charge in [-0.2, -0.15) is 0 Å². The fourth-order valence-corrected chi connectivity index (χ4v) is 1.27.